The van der Waals surface area contributed by atoms with Crippen LogP contribution < -0.4 is 4.74 Å². The van der Waals surface area contributed by atoms with E-state index in [2.05, 4.69) is 15.9 Å². The van der Waals surface area contributed by atoms with Gasteiger partial charge in [-0.05, 0) is 66.2 Å². The molecule has 4 heteroatoms. The second kappa shape index (κ2) is 7.41. The Bertz CT molecular complexity index is 825. The first-order valence-electron chi connectivity index (χ1n) is 7.39. The Kier molecular flexibility index (Phi) is 5.06. The number of hydrogen-bond acceptors (Lipinski definition) is 2. The first-order valence-corrected chi connectivity index (χ1v) is 8.19. The molecular weight excluding hydrogens is 371 g/mol. The summed E-state index contributed by atoms with van der Waals surface area (Å²) in [6.07, 6.45) is 0. The molecule has 0 fully saturated rings. The van der Waals surface area contributed by atoms with Crippen LogP contribution in [0.4, 0.5) is 4.39 Å². The van der Waals surface area contributed by atoms with Crippen molar-refractivity contribution in [3.63, 3.8) is 0 Å². The van der Waals surface area contributed by atoms with Crippen molar-refractivity contribution in [2.75, 3.05) is 0 Å². The molecule has 120 valence electrons. The molecule has 3 aromatic carbocycles. The summed E-state index contributed by atoms with van der Waals surface area (Å²) in [5.41, 5.74) is 2.06. The summed E-state index contributed by atoms with van der Waals surface area (Å²) in [6.45, 7) is 0.457. The summed E-state index contributed by atoms with van der Waals surface area (Å²) in [6, 6.07) is 20.4. The van der Waals surface area contributed by atoms with Gasteiger partial charge in [-0.1, -0.05) is 28.1 Å². The van der Waals surface area contributed by atoms with Gasteiger partial charge in [0, 0.05) is 15.6 Å². The molecule has 0 bridgehead atoms. The van der Waals surface area contributed by atoms with Crippen LogP contribution in [-0.4, -0.2) is 5.78 Å². The van der Waals surface area contributed by atoms with Gasteiger partial charge in [0.15, 0.2) is 5.78 Å². The molecule has 0 saturated heterocycles. The van der Waals surface area contributed by atoms with Gasteiger partial charge >= 0.3 is 0 Å². The second-order valence-electron chi connectivity index (χ2n) is 5.28. The van der Waals surface area contributed by atoms with Gasteiger partial charge in [0.2, 0.25) is 0 Å². The van der Waals surface area contributed by atoms with Crippen molar-refractivity contribution in [1.29, 1.82) is 0 Å². The predicted octanol–water partition coefficient (Wildman–Crippen LogP) is 5.40. The summed E-state index contributed by atoms with van der Waals surface area (Å²) in [5.74, 6) is 0.186. The van der Waals surface area contributed by atoms with Crippen LogP contribution in [0.3, 0.4) is 0 Å². The predicted molar refractivity (Wildman–Crippen MR) is 94.7 cm³/mol. The van der Waals surface area contributed by atoms with Crippen LogP contribution in [0.2, 0.25) is 0 Å². The maximum absolute atomic E-state index is 12.9. The first kappa shape index (κ1) is 16.4. The molecule has 0 heterocycles. The molecule has 0 radical (unpaired) electrons. The Morgan fingerprint density at radius 3 is 1.96 bits per heavy atom. The van der Waals surface area contributed by atoms with Crippen LogP contribution in [0.25, 0.3) is 0 Å². The molecule has 0 unspecified atom stereocenters. The lowest BCUT2D eigenvalue weighted by Crippen LogP contribution is -2.01. The van der Waals surface area contributed by atoms with Gasteiger partial charge < -0.3 is 4.74 Å². The van der Waals surface area contributed by atoms with E-state index in [1.54, 1.807) is 24.3 Å². The zero-order valence-electron chi connectivity index (χ0n) is 12.7. The molecule has 0 saturated carbocycles. The highest BCUT2D eigenvalue weighted by molar-refractivity contribution is 9.10. The smallest absolute Gasteiger partial charge is 0.193 e. The van der Waals surface area contributed by atoms with E-state index in [1.807, 2.05) is 24.3 Å². The topological polar surface area (TPSA) is 26.3 Å². The Morgan fingerprint density at radius 1 is 0.833 bits per heavy atom. The molecule has 0 aromatic heterocycles. The van der Waals surface area contributed by atoms with Gasteiger partial charge in [0.25, 0.3) is 0 Å². The fourth-order valence-corrected chi connectivity index (χ4v) is 2.48. The number of rotatable bonds is 5. The van der Waals surface area contributed by atoms with Crippen molar-refractivity contribution in [1.82, 2.24) is 0 Å². The van der Waals surface area contributed by atoms with Crippen molar-refractivity contribution in [3.8, 4) is 5.75 Å². The summed E-state index contributed by atoms with van der Waals surface area (Å²) in [4.78, 5) is 12.3. The molecule has 0 aliphatic rings. The summed E-state index contributed by atoms with van der Waals surface area (Å²) < 4.78 is 19.7. The van der Waals surface area contributed by atoms with Crippen molar-refractivity contribution in [2.24, 2.45) is 0 Å². The standard InChI is InChI=1S/C20H14BrFO2/c21-17-7-1-14(2-8-17)13-24-19-11-5-16(6-12-19)20(23)15-3-9-18(22)10-4-15/h1-12H,13H2. The molecule has 0 N–H and O–H groups in total. The summed E-state index contributed by atoms with van der Waals surface area (Å²) in [5, 5.41) is 0. The number of carbonyl (C=O) groups is 1. The average Bonchev–Trinajstić information content (AvgIpc) is 2.62. The van der Waals surface area contributed by atoms with Gasteiger partial charge in [-0.2, -0.15) is 0 Å². The van der Waals surface area contributed by atoms with Crippen molar-refractivity contribution in [3.05, 3.63) is 99.8 Å². The minimum absolute atomic E-state index is 0.144. The third kappa shape index (κ3) is 4.09. The summed E-state index contributed by atoms with van der Waals surface area (Å²) >= 11 is 3.39. The van der Waals surface area contributed by atoms with Gasteiger partial charge in [0.1, 0.15) is 18.2 Å². The van der Waals surface area contributed by atoms with Crippen molar-refractivity contribution >= 4 is 21.7 Å². The zero-order chi connectivity index (χ0) is 16.9. The number of hydrogen-bond donors (Lipinski definition) is 0. The van der Waals surface area contributed by atoms with Gasteiger partial charge in [-0.3, -0.25) is 4.79 Å². The first-order chi connectivity index (χ1) is 11.6. The third-order valence-corrected chi connectivity index (χ3v) is 4.07. The fourth-order valence-electron chi connectivity index (χ4n) is 2.22. The van der Waals surface area contributed by atoms with Crippen molar-refractivity contribution in [2.45, 2.75) is 6.61 Å². The lowest BCUT2D eigenvalue weighted by Gasteiger charge is -2.07. The molecule has 0 aliphatic carbocycles. The maximum Gasteiger partial charge on any atom is 0.193 e. The van der Waals surface area contributed by atoms with Crippen LogP contribution in [0, 0.1) is 5.82 Å². The lowest BCUT2D eigenvalue weighted by molar-refractivity contribution is 0.103. The van der Waals surface area contributed by atoms with E-state index in [0.717, 1.165) is 10.0 Å². The van der Waals surface area contributed by atoms with E-state index in [4.69, 9.17) is 4.74 Å². The molecule has 24 heavy (non-hydrogen) atoms. The van der Waals surface area contributed by atoms with Crippen molar-refractivity contribution < 1.29 is 13.9 Å². The minimum atomic E-state index is -0.358. The van der Waals surface area contributed by atoms with E-state index < -0.39 is 0 Å². The number of halogens is 2. The number of ether oxygens (including phenoxy) is 1. The van der Waals surface area contributed by atoms with E-state index in [0.29, 0.717) is 23.5 Å². The normalized spacial score (nSPS) is 10.4. The Labute approximate surface area is 148 Å². The van der Waals surface area contributed by atoms with Crippen LogP contribution in [0.1, 0.15) is 21.5 Å². The number of benzene rings is 3. The van der Waals surface area contributed by atoms with E-state index >= 15 is 0 Å². The highest BCUT2D eigenvalue weighted by Crippen LogP contribution is 2.18. The molecular formula is C20H14BrFO2. The average molecular weight is 385 g/mol. The molecule has 0 atom stereocenters. The summed E-state index contributed by atoms with van der Waals surface area (Å²) in [7, 11) is 0. The monoisotopic (exact) mass is 384 g/mol. The highest BCUT2D eigenvalue weighted by Gasteiger charge is 2.09. The largest absolute Gasteiger partial charge is 0.489 e. The lowest BCUT2D eigenvalue weighted by atomic mass is 10.0. The molecule has 2 nitrogen and oxygen atoms in total. The fraction of sp³-hybridized carbons (Fsp3) is 0.0500. The third-order valence-electron chi connectivity index (χ3n) is 3.54. The van der Waals surface area contributed by atoms with Crippen LogP contribution in [0.15, 0.2) is 77.3 Å². The Balaban J connectivity index is 1.65. The number of ketones is 1. The van der Waals surface area contributed by atoms with Gasteiger partial charge in [-0.15, -0.1) is 0 Å². The van der Waals surface area contributed by atoms with Gasteiger partial charge in [0.05, 0.1) is 0 Å². The Hall–Kier alpha value is -2.46. The maximum atomic E-state index is 12.9. The van der Waals surface area contributed by atoms with E-state index in [-0.39, 0.29) is 11.6 Å². The van der Waals surface area contributed by atoms with Crippen LogP contribution >= 0.6 is 15.9 Å². The number of carbonyl (C=O) groups excluding carboxylic acids is 1. The van der Waals surface area contributed by atoms with E-state index in [9.17, 15) is 9.18 Å². The van der Waals surface area contributed by atoms with Crippen LogP contribution in [-0.2, 0) is 6.61 Å². The molecule has 3 rings (SSSR count). The Morgan fingerprint density at radius 2 is 1.38 bits per heavy atom. The van der Waals surface area contributed by atoms with Crippen LogP contribution in [0.5, 0.6) is 5.75 Å². The minimum Gasteiger partial charge on any atom is -0.489 e. The molecule has 0 spiro atoms. The van der Waals surface area contributed by atoms with E-state index in [1.165, 1.54) is 24.3 Å². The SMILES string of the molecule is O=C(c1ccc(F)cc1)c1ccc(OCc2ccc(Br)cc2)cc1. The molecule has 0 aliphatic heterocycles. The molecule has 0 amide bonds. The quantitative estimate of drug-likeness (QED) is 0.550. The molecule has 3 aromatic rings. The highest BCUT2D eigenvalue weighted by atomic mass is 79.9. The van der Waals surface area contributed by atoms with Gasteiger partial charge in [-0.25, -0.2) is 4.39 Å². The second-order valence-corrected chi connectivity index (χ2v) is 6.19. The zero-order valence-corrected chi connectivity index (χ0v) is 14.3.